The molecule has 2 heterocycles. The predicted octanol–water partition coefficient (Wildman–Crippen LogP) is 4.44. The minimum absolute atomic E-state index is 0.0358. The molecule has 0 aliphatic heterocycles. The molecule has 0 spiro atoms. The number of carbonyl (C=O) groups excluding carboxylic acids is 1. The van der Waals surface area contributed by atoms with Crippen molar-refractivity contribution >= 4 is 5.91 Å². The van der Waals surface area contributed by atoms with Crippen LogP contribution in [0.1, 0.15) is 47.0 Å². The number of aromatic nitrogens is 2. The fourth-order valence-corrected chi connectivity index (χ4v) is 3.05. The molecule has 0 aliphatic carbocycles. The van der Waals surface area contributed by atoms with Crippen LogP contribution in [0.15, 0.2) is 47.0 Å². The van der Waals surface area contributed by atoms with E-state index in [0.29, 0.717) is 12.1 Å². The Labute approximate surface area is 154 Å². The van der Waals surface area contributed by atoms with Crippen LogP contribution in [0.5, 0.6) is 0 Å². The summed E-state index contributed by atoms with van der Waals surface area (Å²) in [6, 6.07) is 11.9. The summed E-state index contributed by atoms with van der Waals surface area (Å²) in [4.78, 5) is 15.0. The van der Waals surface area contributed by atoms with Gasteiger partial charge in [-0.15, -0.1) is 0 Å². The maximum absolute atomic E-state index is 13.2. The molecule has 5 nitrogen and oxygen atoms in total. The van der Waals surface area contributed by atoms with Crippen molar-refractivity contribution in [2.24, 2.45) is 0 Å². The molecule has 0 bridgehead atoms. The smallest absolute Gasteiger partial charge is 0.257 e. The van der Waals surface area contributed by atoms with Gasteiger partial charge in [0.2, 0.25) is 0 Å². The Morgan fingerprint density at radius 3 is 2.50 bits per heavy atom. The number of hydrogen-bond donors (Lipinski definition) is 0. The van der Waals surface area contributed by atoms with Gasteiger partial charge >= 0.3 is 0 Å². The standard InChI is InChI=1S/C21H25N3O2/c1-14(2)23(13-18-11-10-16(4)26-18)21(25)19-12-22-24(17(19)5)20-9-7-6-8-15(20)3/h6-12,14H,13H2,1-5H3. The zero-order valence-corrected chi connectivity index (χ0v) is 16.0. The first-order chi connectivity index (χ1) is 12.4. The number of aryl methyl sites for hydroxylation is 2. The number of para-hydroxylation sites is 1. The molecular formula is C21H25N3O2. The quantitative estimate of drug-likeness (QED) is 0.683. The molecule has 0 radical (unpaired) electrons. The lowest BCUT2D eigenvalue weighted by Crippen LogP contribution is -2.36. The van der Waals surface area contributed by atoms with E-state index in [1.165, 1.54) is 0 Å². The second-order valence-corrected chi connectivity index (χ2v) is 6.88. The zero-order valence-electron chi connectivity index (χ0n) is 16.0. The number of benzene rings is 1. The van der Waals surface area contributed by atoms with E-state index in [1.807, 2.05) is 80.6 Å². The van der Waals surface area contributed by atoms with Crippen LogP contribution in [0.2, 0.25) is 0 Å². The third kappa shape index (κ3) is 3.43. The van der Waals surface area contributed by atoms with Gasteiger partial charge in [0.05, 0.1) is 29.7 Å². The minimum Gasteiger partial charge on any atom is -0.464 e. The summed E-state index contributed by atoms with van der Waals surface area (Å²) in [5, 5.41) is 4.47. The first-order valence-electron chi connectivity index (χ1n) is 8.85. The van der Waals surface area contributed by atoms with Gasteiger partial charge in [0, 0.05) is 6.04 Å². The van der Waals surface area contributed by atoms with Crippen molar-refractivity contribution in [2.75, 3.05) is 0 Å². The number of amides is 1. The molecule has 0 fully saturated rings. The third-order valence-corrected chi connectivity index (χ3v) is 4.59. The van der Waals surface area contributed by atoms with Crippen molar-refractivity contribution in [3.05, 3.63) is 70.9 Å². The Balaban J connectivity index is 1.92. The fourth-order valence-electron chi connectivity index (χ4n) is 3.05. The minimum atomic E-state index is -0.0358. The van der Waals surface area contributed by atoms with Crippen molar-refractivity contribution in [1.82, 2.24) is 14.7 Å². The molecule has 0 N–H and O–H groups in total. The highest BCUT2D eigenvalue weighted by Gasteiger charge is 2.24. The van der Waals surface area contributed by atoms with Crippen LogP contribution in [0, 0.1) is 20.8 Å². The van der Waals surface area contributed by atoms with E-state index in [9.17, 15) is 4.79 Å². The molecule has 3 rings (SSSR count). The van der Waals surface area contributed by atoms with Crippen LogP contribution in [-0.2, 0) is 6.54 Å². The van der Waals surface area contributed by atoms with Crippen LogP contribution >= 0.6 is 0 Å². The zero-order chi connectivity index (χ0) is 18.8. The van der Waals surface area contributed by atoms with Crippen LogP contribution in [-0.4, -0.2) is 26.6 Å². The molecular weight excluding hydrogens is 326 g/mol. The summed E-state index contributed by atoms with van der Waals surface area (Å²) in [5.41, 5.74) is 3.56. The number of nitrogens with zero attached hydrogens (tertiary/aromatic N) is 3. The highest BCUT2D eigenvalue weighted by atomic mass is 16.3. The van der Waals surface area contributed by atoms with Crippen molar-refractivity contribution in [1.29, 1.82) is 0 Å². The van der Waals surface area contributed by atoms with Crippen molar-refractivity contribution in [3.8, 4) is 5.69 Å². The largest absolute Gasteiger partial charge is 0.464 e. The number of hydrogen-bond acceptors (Lipinski definition) is 3. The first-order valence-corrected chi connectivity index (χ1v) is 8.85. The van der Waals surface area contributed by atoms with Crippen molar-refractivity contribution < 1.29 is 9.21 Å². The van der Waals surface area contributed by atoms with Gasteiger partial charge in [0.1, 0.15) is 11.5 Å². The van der Waals surface area contributed by atoms with E-state index in [-0.39, 0.29) is 11.9 Å². The van der Waals surface area contributed by atoms with E-state index < -0.39 is 0 Å². The van der Waals surface area contributed by atoms with Gasteiger partial charge in [0.15, 0.2) is 0 Å². The Kier molecular flexibility index (Phi) is 4.98. The molecule has 0 atom stereocenters. The number of furan rings is 1. The maximum atomic E-state index is 13.2. The topological polar surface area (TPSA) is 51.3 Å². The summed E-state index contributed by atoms with van der Waals surface area (Å²) < 4.78 is 7.49. The second kappa shape index (κ2) is 7.20. The van der Waals surface area contributed by atoms with Crippen molar-refractivity contribution in [2.45, 2.75) is 47.2 Å². The molecule has 1 aromatic carbocycles. The Hall–Kier alpha value is -2.82. The van der Waals surface area contributed by atoms with Gasteiger partial charge < -0.3 is 9.32 Å². The third-order valence-electron chi connectivity index (χ3n) is 4.59. The van der Waals surface area contributed by atoms with Gasteiger partial charge in [-0.3, -0.25) is 4.79 Å². The molecule has 1 amide bonds. The Bertz CT molecular complexity index is 921. The summed E-state index contributed by atoms with van der Waals surface area (Å²) in [6.07, 6.45) is 1.66. The van der Waals surface area contributed by atoms with Gasteiger partial charge in [-0.2, -0.15) is 5.10 Å². The highest BCUT2D eigenvalue weighted by molar-refractivity contribution is 5.95. The monoisotopic (exact) mass is 351 g/mol. The molecule has 2 aromatic heterocycles. The van der Waals surface area contributed by atoms with E-state index >= 15 is 0 Å². The summed E-state index contributed by atoms with van der Waals surface area (Å²) in [5.74, 6) is 1.60. The van der Waals surface area contributed by atoms with E-state index in [1.54, 1.807) is 6.20 Å². The second-order valence-electron chi connectivity index (χ2n) is 6.88. The first kappa shape index (κ1) is 18.0. The average molecular weight is 351 g/mol. The van der Waals surface area contributed by atoms with Gasteiger partial charge in [-0.25, -0.2) is 4.68 Å². The maximum Gasteiger partial charge on any atom is 0.257 e. The summed E-state index contributed by atoms with van der Waals surface area (Å²) in [6.45, 7) is 10.3. The molecule has 0 saturated carbocycles. The lowest BCUT2D eigenvalue weighted by molar-refractivity contribution is 0.0674. The fraction of sp³-hybridized carbons (Fsp3) is 0.333. The van der Waals surface area contributed by atoms with E-state index in [2.05, 4.69) is 5.10 Å². The van der Waals surface area contributed by atoms with Crippen LogP contribution in [0.4, 0.5) is 0 Å². The molecule has 0 aliphatic rings. The van der Waals surface area contributed by atoms with E-state index in [0.717, 1.165) is 28.5 Å². The molecule has 3 aromatic rings. The SMILES string of the molecule is Cc1ccc(CN(C(=O)c2cnn(-c3ccccc3C)c2C)C(C)C)o1. The lowest BCUT2D eigenvalue weighted by Gasteiger charge is -2.25. The van der Waals surface area contributed by atoms with Crippen LogP contribution < -0.4 is 0 Å². The summed E-state index contributed by atoms with van der Waals surface area (Å²) >= 11 is 0. The predicted molar refractivity (Wildman–Crippen MR) is 101 cm³/mol. The molecule has 5 heteroatoms. The Morgan fingerprint density at radius 2 is 1.88 bits per heavy atom. The average Bonchev–Trinajstić information content (AvgIpc) is 3.18. The Morgan fingerprint density at radius 1 is 1.15 bits per heavy atom. The molecule has 0 unspecified atom stereocenters. The lowest BCUT2D eigenvalue weighted by atomic mass is 10.1. The van der Waals surface area contributed by atoms with Crippen LogP contribution in [0.3, 0.4) is 0 Å². The van der Waals surface area contributed by atoms with Gasteiger partial charge in [0.25, 0.3) is 5.91 Å². The normalized spacial score (nSPS) is 11.2. The van der Waals surface area contributed by atoms with Crippen LogP contribution in [0.25, 0.3) is 5.69 Å². The number of carbonyl (C=O) groups is 1. The van der Waals surface area contributed by atoms with Gasteiger partial charge in [-0.1, -0.05) is 18.2 Å². The highest BCUT2D eigenvalue weighted by Crippen LogP contribution is 2.21. The van der Waals surface area contributed by atoms with Crippen molar-refractivity contribution in [3.63, 3.8) is 0 Å². The van der Waals surface area contributed by atoms with E-state index in [4.69, 9.17) is 4.42 Å². The number of rotatable bonds is 5. The summed E-state index contributed by atoms with van der Waals surface area (Å²) in [7, 11) is 0. The molecule has 26 heavy (non-hydrogen) atoms. The molecule has 136 valence electrons. The van der Waals surface area contributed by atoms with Gasteiger partial charge in [-0.05, 0) is 58.4 Å². The molecule has 0 saturated heterocycles.